The van der Waals surface area contributed by atoms with Crippen LogP contribution in [-0.2, 0) is 4.79 Å². The first-order valence-corrected chi connectivity index (χ1v) is 9.74. The zero-order chi connectivity index (χ0) is 11.0. The second kappa shape index (κ2) is 7.54. The van der Waals surface area contributed by atoms with Gasteiger partial charge in [-0.3, -0.25) is 4.79 Å². The van der Waals surface area contributed by atoms with Crippen molar-refractivity contribution in [2.45, 2.75) is 51.1 Å². The van der Waals surface area contributed by atoms with Gasteiger partial charge in [0.2, 0.25) is 6.69 Å². The van der Waals surface area contributed by atoms with Gasteiger partial charge in [-0.2, -0.15) is 0 Å². The molecule has 0 aliphatic heterocycles. The van der Waals surface area contributed by atoms with Crippen LogP contribution in [0.25, 0.3) is 0 Å². The standard InChI is InChI=1S/C9H18Cl2O2Si/c1-14(10,11)8-6-4-2-3-5-7-9(12)13/h2-8H2,1H3,(H,12,13). The molecule has 0 aromatic heterocycles. The molecular weight excluding hydrogens is 239 g/mol. The number of aliphatic carboxylic acids is 1. The van der Waals surface area contributed by atoms with E-state index in [1.54, 1.807) is 0 Å². The van der Waals surface area contributed by atoms with Gasteiger partial charge < -0.3 is 5.11 Å². The van der Waals surface area contributed by atoms with Crippen molar-refractivity contribution in [1.82, 2.24) is 0 Å². The molecule has 0 aliphatic rings. The Kier molecular flexibility index (Phi) is 7.69. The van der Waals surface area contributed by atoms with Crippen molar-refractivity contribution in [2.24, 2.45) is 0 Å². The number of carbonyl (C=O) groups is 1. The van der Waals surface area contributed by atoms with E-state index >= 15 is 0 Å². The lowest BCUT2D eigenvalue weighted by Gasteiger charge is -2.08. The summed E-state index contributed by atoms with van der Waals surface area (Å²) in [7, 11) is 0. The van der Waals surface area contributed by atoms with Crippen molar-refractivity contribution in [1.29, 1.82) is 0 Å². The summed E-state index contributed by atoms with van der Waals surface area (Å²) in [5.41, 5.74) is 0. The van der Waals surface area contributed by atoms with E-state index in [-0.39, 0.29) is 6.42 Å². The lowest BCUT2D eigenvalue weighted by Crippen LogP contribution is -2.11. The van der Waals surface area contributed by atoms with Gasteiger partial charge in [0, 0.05) is 6.42 Å². The zero-order valence-corrected chi connectivity index (χ0v) is 11.1. The van der Waals surface area contributed by atoms with Crippen LogP contribution in [0.4, 0.5) is 0 Å². The van der Waals surface area contributed by atoms with Crippen LogP contribution in [0, 0.1) is 0 Å². The normalized spacial score (nSPS) is 11.6. The smallest absolute Gasteiger partial charge is 0.303 e. The lowest BCUT2D eigenvalue weighted by atomic mass is 10.1. The minimum Gasteiger partial charge on any atom is -0.481 e. The van der Waals surface area contributed by atoms with Gasteiger partial charge in [0.25, 0.3) is 0 Å². The fraction of sp³-hybridized carbons (Fsp3) is 0.889. The van der Waals surface area contributed by atoms with E-state index < -0.39 is 12.7 Å². The highest BCUT2D eigenvalue weighted by Crippen LogP contribution is 2.23. The Labute approximate surface area is 96.0 Å². The minimum atomic E-state index is -1.89. The van der Waals surface area contributed by atoms with E-state index in [0.29, 0.717) is 0 Å². The summed E-state index contributed by atoms with van der Waals surface area (Å²) in [6, 6.07) is 0.940. The summed E-state index contributed by atoms with van der Waals surface area (Å²) in [5.74, 6) is -0.702. The number of rotatable bonds is 8. The summed E-state index contributed by atoms with van der Waals surface area (Å²) >= 11 is 11.9. The van der Waals surface area contributed by atoms with Crippen molar-refractivity contribution in [3.05, 3.63) is 0 Å². The molecule has 0 aromatic carbocycles. The van der Waals surface area contributed by atoms with Gasteiger partial charge in [-0.25, -0.2) is 0 Å². The van der Waals surface area contributed by atoms with Crippen LogP contribution < -0.4 is 0 Å². The highest BCUT2D eigenvalue weighted by atomic mass is 35.7. The zero-order valence-electron chi connectivity index (χ0n) is 8.56. The van der Waals surface area contributed by atoms with E-state index in [1.165, 1.54) is 0 Å². The average molecular weight is 257 g/mol. The van der Waals surface area contributed by atoms with Gasteiger partial charge in [0.1, 0.15) is 0 Å². The van der Waals surface area contributed by atoms with Gasteiger partial charge in [-0.15, -0.1) is 22.2 Å². The molecule has 0 aliphatic carbocycles. The minimum absolute atomic E-state index is 0.289. The summed E-state index contributed by atoms with van der Waals surface area (Å²) in [6.45, 7) is 0.0378. The molecule has 5 heteroatoms. The number of unbranched alkanes of at least 4 members (excludes halogenated alkanes) is 4. The molecular formula is C9H18Cl2O2Si. The number of hydrogen-bond acceptors (Lipinski definition) is 1. The Bertz CT molecular complexity index is 169. The van der Waals surface area contributed by atoms with Crippen molar-refractivity contribution >= 4 is 34.8 Å². The third-order valence-electron chi connectivity index (χ3n) is 2.01. The first kappa shape index (κ1) is 14.3. The van der Waals surface area contributed by atoms with Crippen molar-refractivity contribution in [2.75, 3.05) is 0 Å². The van der Waals surface area contributed by atoms with Crippen LogP contribution in [0.1, 0.15) is 38.5 Å². The highest BCUT2D eigenvalue weighted by molar-refractivity contribution is 7.44. The van der Waals surface area contributed by atoms with Crippen LogP contribution in [-0.4, -0.2) is 17.8 Å². The molecule has 0 atom stereocenters. The fourth-order valence-corrected chi connectivity index (χ4v) is 2.91. The van der Waals surface area contributed by atoms with E-state index in [4.69, 9.17) is 27.3 Å². The first-order chi connectivity index (χ1) is 6.42. The largest absolute Gasteiger partial charge is 0.481 e. The van der Waals surface area contributed by atoms with Crippen molar-refractivity contribution in [3.8, 4) is 0 Å². The molecule has 1 N–H and O–H groups in total. The Balaban J connectivity index is 3.11. The van der Waals surface area contributed by atoms with Gasteiger partial charge in [-0.1, -0.05) is 25.7 Å². The summed E-state index contributed by atoms with van der Waals surface area (Å²) in [6.07, 6.45) is 5.34. The molecule has 0 saturated heterocycles. The van der Waals surface area contributed by atoms with Crippen LogP contribution in [0.5, 0.6) is 0 Å². The molecule has 0 spiro atoms. The second-order valence-corrected chi connectivity index (χ2v) is 12.0. The Morgan fingerprint density at radius 1 is 1.14 bits per heavy atom. The van der Waals surface area contributed by atoms with Gasteiger partial charge >= 0.3 is 5.97 Å². The Morgan fingerprint density at radius 3 is 2.14 bits per heavy atom. The molecule has 14 heavy (non-hydrogen) atoms. The van der Waals surface area contributed by atoms with Crippen LogP contribution in [0.2, 0.25) is 12.6 Å². The van der Waals surface area contributed by atoms with E-state index in [2.05, 4.69) is 0 Å². The maximum absolute atomic E-state index is 10.2. The first-order valence-electron chi connectivity index (χ1n) is 5.01. The summed E-state index contributed by atoms with van der Waals surface area (Å²) < 4.78 is 0. The van der Waals surface area contributed by atoms with Gasteiger partial charge in [0.15, 0.2) is 0 Å². The number of hydrogen-bond donors (Lipinski definition) is 1. The number of carboxylic acid groups (broad SMARTS) is 1. The number of carboxylic acids is 1. The molecule has 0 fully saturated rings. The maximum atomic E-state index is 10.2. The second-order valence-electron chi connectivity index (χ2n) is 3.73. The molecule has 0 saturated carbocycles. The topological polar surface area (TPSA) is 37.3 Å². The summed E-state index contributed by atoms with van der Waals surface area (Å²) in [5, 5.41) is 8.39. The van der Waals surface area contributed by atoms with E-state index in [1.807, 2.05) is 6.55 Å². The predicted molar refractivity (Wildman–Crippen MR) is 63.5 cm³/mol. The highest BCUT2D eigenvalue weighted by Gasteiger charge is 2.19. The van der Waals surface area contributed by atoms with Gasteiger partial charge in [0.05, 0.1) is 0 Å². The molecule has 0 radical (unpaired) electrons. The molecule has 0 bridgehead atoms. The van der Waals surface area contributed by atoms with Crippen molar-refractivity contribution in [3.63, 3.8) is 0 Å². The van der Waals surface area contributed by atoms with Crippen LogP contribution in [0.15, 0.2) is 0 Å². The number of halogens is 2. The van der Waals surface area contributed by atoms with Crippen LogP contribution in [0.3, 0.4) is 0 Å². The quantitative estimate of drug-likeness (QED) is 0.406. The molecule has 0 amide bonds. The Hall–Kier alpha value is 0.267. The monoisotopic (exact) mass is 256 g/mol. The molecule has 0 aromatic rings. The molecule has 0 heterocycles. The average Bonchev–Trinajstić information content (AvgIpc) is 2.00. The van der Waals surface area contributed by atoms with Crippen LogP contribution >= 0.6 is 22.2 Å². The molecule has 84 valence electrons. The van der Waals surface area contributed by atoms with E-state index in [9.17, 15) is 4.79 Å². The maximum Gasteiger partial charge on any atom is 0.303 e. The van der Waals surface area contributed by atoms with Gasteiger partial charge in [-0.05, 0) is 19.0 Å². The lowest BCUT2D eigenvalue weighted by molar-refractivity contribution is -0.137. The Morgan fingerprint density at radius 2 is 1.64 bits per heavy atom. The fourth-order valence-electron chi connectivity index (χ4n) is 1.24. The third-order valence-corrected chi connectivity index (χ3v) is 4.37. The molecule has 0 rings (SSSR count). The SMILES string of the molecule is C[Si](Cl)(Cl)CCCCCCCC(=O)O. The van der Waals surface area contributed by atoms with E-state index in [0.717, 1.165) is 38.1 Å². The van der Waals surface area contributed by atoms with Crippen molar-refractivity contribution < 1.29 is 9.90 Å². The molecule has 2 nitrogen and oxygen atoms in total. The third kappa shape index (κ3) is 12.3. The molecule has 0 unspecified atom stereocenters. The summed E-state index contributed by atoms with van der Waals surface area (Å²) in [4.78, 5) is 10.2. The predicted octanol–water partition coefficient (Wildman–Crippen LogP) is 3.96.